The predicted molar refractivity (Wildman–Crippen MR) is 69.6 cm³/mol. The molecule has 1 atom stereocenters. The highest BCUT2D eigenvalue weighted by Gasteiger charge is 2.06. The third kappa shape index (κ3) is 5.47. The van der Waals surface area contributed by atoms with Crippen LogP contribution in [0, 0.1) is 0 Å². The van der Waals surface area contributed by atoms with Gasteiger partial charge < -0.3 is 16.0 Å². The van der Waals surface area contributed by atoms with Gasteiger partial charge in [0.05, 0.1) is 6.54 Å². The first-order chi connectivity index (χ1) is 8.09. The van der Waals surface area contributed by atoms with Crippen molar-refractivity contribution in [3.8, 4) is 0 Å². The van der Waals surface area contributed by atoms with Gasteiger partial charge in [0.1, 0.15) is 0 Å². The van der Waals surface area contributed by atoms with Crippen LogP contribution >= 0.6 is 0 Å². The van der Waals surface area contributed by atoms with E-state index in [0.29, 0.717) is 13.1 Å². The van der Waals surface area contributed by atoms with Crippen molar-refractivity contribution >= 4 is 5.91 Å². The summed E-state index contributed by atoms with van der Waals surface area (Å²) in [6, 6.07) is 9.91. The Morgan fingerprint density at radius 2 is 2.00 bits per heavy atom. The summed E-state index contributed by atoms with van der Waals surface area (Å²) in [5.41, 5.74) is 7.13. The van der Waals surface area contributed by atoms with E-state index in [-0.39, 0.29) is 11.9 Å². The number of rotatable bonds is 6. The highest BCUT2D eigenvalue weighted by atomic mass is 16.1. The third-order valence-electron chi connectivity index (χ3n) is 2.47. The van der Waals surface area contributed by atoms with Gasteiger partial charge in [0, 0.05) is 12.6 Å². The Morgan fingerprint density at radius 3 is 2.59 bits per heavy atom. The first-order valence-electron chi connectivity index (χ1n) is 5.81. The largest absolute Gasteiger partial charge is 0.355 e. The molecule has 1 aromatic rings. The quantitative estimate of drug-likeness (QED) is 0.765. The molecule has 0 aliphatic heterocycles. The van der Waals surface area contributed by atoms with Gasteiger partial charge in [0.25, 0.3) is 0 Å². The Balaban J connectivity index is 2.25. The SMILES string of the molecule is CN(C)CC(=O)NCCC(N)c1ccccc1. The lowest BCUT2D eigenvalue weighted by Crippen LogP contribution is -2.34. The molecule has 0 saturated carbocycles. The molecule has 0 aromatic heterocycles. The molecule has 17 heavy (non-hydrogen) atoms. The van der Waals surface area contributed by atoms with E-state index in [1.54, 1.807) is 0 Å². The lowest BCUT2D eigenvalue weighted by atomic mass is 10.1. The van der Waals surface area contributed by atoms with E-state index in [1.165, 1.54) is 0 Å². The summed E-state index contributed by atoms with van der Waals surface area (Å²) >= 11 is 0. The minimum absolute atomic E-state index is 0.0177. The van der Waals surface area contributed by atoms with Gasteiger partial charge in [0.15, 0.2) is 0 Å². The standard InChI is InChI=1S/C13H21N3O/c1-16(2)10-13(17)15-9-8-12(14)11-6-4-3-5-7-11/h3-7,12H,8-10,14H2,1-2H3,(H,15,17). The Labute approximate surface area is 103 Å². The first-order valence-corrected chi connectivity index (χ1v) is 5.81. The van der Waals surface area contributed by atoms with Gasteiger partial charge in [-0.15, -0.1) is 0 Å². The summed E-state index contributed by atoms with van der Waals surface area (Å²) in [7, 11) is 3.74. The molecule has 0 radical (unpaired) electrons. The van der Waals surface area contributed by atoms with Gasteiger partial charge in [-0.3, -0.25) is 4.79 Å². The normalized spacial score (nSPS) is 12.5. The second-order valence-electron chi connectivity index (χ2n) is 4.39. The zero-order chi connectivity index (χ0) is 12.7. The molecule has 1 aromatic carbocycles. The minimum atomic E-state index is -0.0177. The maximum absolute atomic E-state index is 11.4. The Kier molecular flexibility index (Phi) is 5.66. The van der Waals surface area contributed by atoms with Crippen molar-refractivity contribution in [1.29, 1.82) is 0 Å². The fraction of sp³-hybridized carbons (Fsp3) is 0.462. The average Bonchev–Trinajstić information content (AvgIpc) is 2.29. The van der Waals surface area contributed by atoms with Gasteiger partial charge in [-0.1, -0.05) is 30.3 Å². The maximum atomic E-state index is 11.4. The molecule has 0 saturated heterocycles. The molecule has 4 nitrogen and oxygen atoms in total. The molecule has 1 amide bonds. The topological polar surface area (TPSA) is 58.4 Å². The van der Waals surface area contributed by atoms with E-state index in [1.807, 2.05) is 49.3 Å². The van der Waals surface area contributed by atoms with Crippen molar-refractivity contribution < 1.29 is 4.79 Å². The molecule has 0 aliphatic carbocycles. The lowest BCUT2D eigenvalue weighted by Gasteiger charge is -2.13. The highest BCUT2D eigenvalue weighted by molar-refractivity contribution is 5.77. The van der Waals surface area contributed by atoms with Crippen LogP contribution in [0.4, 0.5) is 0 Å². The zero-order valence-electron chi connectivity index (χ0n) is 10.5. The number of hydrogen-bond donors (Lipinski definition) is 2. The van der Waals surface area contributed by atoms with Crippen LogP contribution in [0.25, 0.3) is 0 Å². The highest BCUT2D eigenvalue weighted by Crippen LogP contribution is 2.11. The molecule has 94 valence electrons. The van der Waals surface area contributed by atoms with Crippen LogP contribution in [0.3, 0.4) is 0 Å². The summed E-state index contributed by atoms with van der Waals surface area (Å²) in [6.45, 7) is 1.03. The molecular formula is C13H21N3O. The Morgan fingerprint density at radius 1 is 1.35 bits per heavy atom. The summed E-state index contributed by atoms with van der Waals surface area (Å²) in [5, 5.41) is 2.85. The first kappa shape index (κ1) is 13.7. The second-order valence-corrected chi connectivity index (χ2v) is 4.39. The van der Waals surface area contributed by atoms with Crippen molar-refractivity contribution in [1.82, 2.24) is 10.2 Å². The summed E-state index contributed by atoms with van der Waals surface area (Å²) in [5.74, 6) is 0.0373. The number of carbonyl (C=O) groups is 1. The molecule has 0 bridgehead atoms. The van der Waals surface area contributed by atoms with Gasteiger partial charge in [-0.05, 0) is 26.1 Å². The number of nitrogens with one attached hydrogen (secondary N) is 1. The lowest BCUT2D eigenvalue weighted by molar-refractivity contribution is -0.121. The summed E-state index contributed by atoms with van der Waals surface area (Å²) in [4.78, 5) is 13.2. The van der Waals surface area contributed by atoms with E-state index < -0.39 is 0 Å². The van der Waals surface area contributed by atoms with Crippen LogP contribution in [0.5, 0.6) is 0 Å². The predicted octanol–water partition coefficient (Wildman–Crippen LogP) is 0.754. The van der Waals surface area contributed by atoms with Gasteiger partial charge >= 0.3 is 0 Å². The van der Waals surface area contributed by atoms with Crippen molar-refractivity contribution in [3.05, 3.63) is 35.9 Å². The van der Waals surface area contributed by atoms with Crippen LogP contribution in [0.15, 0.2) is 30.3 Å². The van der Waals surface area contributed by atoms with Gasteiger partial charge in [-0.25, -0.2) is 0 Å². The van der Waals surface area contributed by atoms with Crippen LogP contribution in [0.2, 0.25) is 0 Å². The molecule has 0 heterocycles. The number of nitrogens with two attached hydrogens (primary N) is 1. The second kappa shape index (κ2) is 7.04. The van der Waals surface area contributed by atoms with E-state index in [9.17, 15) is 4.79 Å². The number of carbonyl (C=O) groups excluding carboxylic acids is 1. The van der Waals surface area contributed by atoms with Gasteiger partial charge in [-0.2, -0.15) is 0 Å². The number of hydrogen-bond acceptors (Lipinski definition) is 3. The van der Waals surface area contributed by atoms with E-state index >= 15 is 0 Å². The molecule has 3 N–H and O–H groups in total. The summed E-state index contributed by atoms with van der Waals surface area (Å²) in [6.07, 6.45) is 0.753. The van der Waals surface area contributed by atoms with E-state index in [4.69, 9.17) is 5.73 Å². The number of amides is 1. The molecule has 4 heteroatoms. The molecular weight excluding hydrogens is 214 g/mol. The zero-order valence-corrected chi connectivity index (χ0v) is 10.5. The van der Waals surface area contributed by atoms with Crippen molar-refractivity contribution in [2.24, 2.45) is 5.73 Å². The van der Waals surface area contributed by atoms with E-state index in [0.717, 1.165) is 12.0 Å². The summed E-state index contributed by atoms with van der Waals surface area (Å²) < 4.78 is 0. The van der Waals surface area contributed by atoms with Crippen LogP contribution in [0.1, 0.15) is 18.0 Å². The monoisotopic (exact) mass is 235 g/mol. The van der Waals surface area contributed by atoms with Crippen molar-refractivity contribution in [2.75, 3.05) is 27.2 Å². The number of likely N-dealkylation sites (N-methyl/N-ethyl adjacent to an activating group) is 1. The van der Waals surface area contributed by atoms with E-state index in [2.05, 4.69) is 5.32 Å². The third-order valence-corrected chi connectivity index (χ3v) is 2.47. The minimum Gasteiger partial charge on any atom is -0.355 e. The fourth-order valence-corrected chi connectivity index (χ4v) is 1.58. The fourth-order valence-electron chi connectivity index (χ4n) is 1.58. The molecule has 0 aliphatic rings. The van der Waals surface area contributed by atoms with Crippen LogP contribution in [-0.4, -0.2) is 38.0 Å². The molecule has 0 fully saturated rings. The molecule has 1 unspecified atom stereocenters. The van der Waals surface area contributed by atoms with Crippen molar-refractivity contribution in [2.45, 2.75) is 12.5 Å². The number of nitrogens with zero attached hydrogens (tertiary/aromatic N) is 1. The Hall–Kier alpha value is -1.39. The van der Waals surface area contributed by atoms with Crippen LogP contribution < -0.4 is 11.1 Å². The average molecular weight is 235 g/mol. The number of benzene rings is 1. The van der Waals surface area contributed by atoms with Crippen molar-refractivity contribution in [3.63, 3.8) is 0 Å². The molecule has 1 rings (SSSR count). The smallest absolute Gasteiger partial charge is 0.234 e. The van der Waals surface area contributed by atoms with Gasteiger partial charge in [0.2, 0.25) is 5.91 Å². The Bertz CT molecular complexity index is 338. The molecule has 0 spiro atoms. The maximum Gasteiger partial charge on any atom is 0.234 e. The van der Waals surface area contributed by atoms with Crippen LogP contribution in [-0.2, 0) is 4.79 Å².